The average Bonchev–Trinajstić information content (AvgIpc) is 2.13. The Hall–Kier alpha value is -1.27. The summed E-state index contributed by atoms with van der Waals surface area (Å²) in [7, 11) is 0. The Balaban J connectivity index is 3.05. The van der Waals surface area contributed by atoms with Gasteiger partial charge in [0, 0.05) is 4.48 Å². The number of hydrogen-bond acceptors (Lipinski definition) is 2. The van der Waals surface area contributed by atoms with Gasteiger partial charge in [-0.1, -0.05) is 28.6 Å². The molecule has 78 valence electrons. The Kier molecular flexibility index (Phi) is 3.93. The van der Waals surface area contributed by atoms with Gasteiger partial charge in [-0.25, -0.2) is 0 Å². The molecule has 0 saturated carbocycles. The van der Waals surface area contributed by atoms with Crippen LogP contribution in [0.3, 0.4) is 0 Å². The minimum atomic E-state index is 0.373. The van der Waals surface area contributed by atoms with Crippen LogP contribution in [0.2, 0.25) is 0 Å². The average molecular weight is 266 g/mol. The molecule has 1 rings (SSSR count). The second-order valence-corrected chi connectivity index (χ2v) is 4.49. The number of nitrogens with zero attached hydrogens (tertiary/aromatic N) is 1. The normalized spacial score (nSPS) is 9.47. The summed E-state index contributed by atoms with van der Waals surface area (Å²) >= 11 is 3.21. The highest BCUT2D eigenvalue weighted by Crippen LogP contribution is 2.24. The minimum Gasteiger partial charge on any atom is -0.487 e. The predicted octanol–water partition coefficient (Wildman–Crippen LogP) is 3.46. The molecule has 1 aromatic carbocycles. The number of nitriles is 1. The number of hydrogen-bond donors (Lipinski definition) is 0. The van der Waals surface area contributed by atoms with E-state index in [0.29, 0.717) is 17.9 Å². The summed E-state index contributed by atoms with van der Waals surface area (Å²) in [6, 6.07) is 5.97. The molecule has 15 heavy (non-hydrogen) atoms. The van der Waals surface area contributed by atoms with E-state index in [1.54, 1.807) is 0 Å². The van der Waals surface area contributed by atoms with Gasteiger partial charge in [-0.3, -0.25) is 0 Å². The molecule has 0 saturated heterocycles. The Bertz CT molecular complexity index is 432. The van der Waals surface area contributed by atoms with E-state index in [1.165, 1.54) is 0 Å². The van der Waals surface area contributed by atoms with Gasteiger partial charge in [0.25, 0.3) is 0 Å². The van der Waals surface area contributed by atoms with Crippen LogP contribution >= 0.6 is 15.9 Å². The molecule has 2 nitrogen and oxygen atoms in total. The van der Waals surface area contributed by atoms with Crippen LogP contribution in [0.5, 0.6) is 5.75 Å². The van der Waals surface area contributed by atoms with Crippen LogP contribution < -0.4 is 4.74 Å². The van der Waals surface area contributed by atoms with E-state index < -0.39 is 0 Å². The van der Waals surface area contributed by atoms with Crippen molar-refractivity contribution in [1.82, 2.24) is 0 Å². The standard InChI is InChI=1S/C12H12BrNO/c1-8-4-9(2)11(6-14)12(5-8)15-7-10(3)13/h4-5H,3,7H2,1-2H3. The molecule has 3 heteroatoms. The van der Waals surface area contributed by atoms with Crippen molar-refractivity contribution >= 4 is 15.9 Å². The van der Waals surface area contributed by atoms with Crippen LogP contribution in [0.1, 0.15) is 16.7 Å². The zero-order valence-corrected chi connectivity index (χ0v) is 10.4. The van der Waals surface area contributed by atoms with Gasteiger partial charge in [0.2, 0.25) is 0 Å². The third-order valence-corrected chi connectivity index (χ3v) is 2.17. The molecule has 0 radical (unpaired) electrons. The van der Waals surface area contributed by atoms with E-state index in [1.807, 2.05) is 26.0 Å². The Labute approximate surface area is 98.3 Å². The molecule has 0 aromatic heterocycles. The largest absolute Gasteiger partial charge is 0.487 e. The molecule has 0 aliphatic heterocycles. The maximum Gasteiger partial charge on any atom is 0.138 e. The monoisotopic (exact) mass is 265 g/mol. The fourth-order valence-corrected chi connectivity index (χ4v) is 1.46. The molecule has 1 aromatic rings. The molecule has 0 fully saturated rings. The minimum absolute atomic E-state index is 0.373. The van der Waals surface area contributed by atoms with Crippen molar-refractivity contribution in [3.05, 3.63) is 39.9 Å². The van der Waals surface area contributed by atoms with Crippen LogP contribution in [0.15, 0.2) is 23.2 Å². The predicted molar refractivity (Wildman–Crippen MR) is 64.2 cm³/mol. The first-order chi connectivity index (χ1) is 7.04. The van der Waals surface area contributed by atoms with Gasteiger partial charge in [-0.2, -0.15) is 5.26 Å². The van der Waals surface area contributed by atoms with Crippen LogP contribution in [0.4, 0.5) is 0 Å². The summed E-state index contributed by atoms with van der Waals surface area (Å²) < 4.78 is 6.24. The fourth-order valence-electron chi connectivity index (χ4n) is 1.34. The van der Waals surface area contributed by atoms with Crippen molar-refractivity contribution in [2.75, 3.05) is 6.61 Å². The van der Waals surface area contributed by atoms with E-state index >= 15 is 0 Å². The maximum atomic E-state index is 8.99. The first-order valence-electron chi connectivity index (χ1n) is 4.52. The smallest absolute Gasteiger partial charge is 0.138 e. The van der Waals surface area contributed by atoms with Crippen LogP contribution in [-0.2, 0) is 0 Å². The number of halogens is 1. The van der Waals surface area contributed by atoms with Crippen LogP contribution in [0.25, 0.3) is 0 Å². The van der Waals surface area contributed by atoms with Gasteiger partial charge >= 0.3 is 0 Å². The second-order valence-electron chi connectivity index (χ2n) is 3.37. The van der Waals surface area contributed by atoms with Crippen molar-refractivity contribution in [1.29, 1.82) is 5.26 Å². The summed E-state index contributed by atoms with van der Waals surface area (Å²) in [6.07, 6.45) is 0. The van der Waals surface area contributed by atoms with E-state index in [0.717, 1.165) is 15.6 Å². The van der Waals surface area contributed by atoms with Gasteiger partial charge < -0.3 is 4.74 Å². The van der Waals surface area contributed by atoms with E-state index in [-0.39, 0.29) is 0 Å². The molecule has 0 bridgehead atoms. The van der Waals surface area contributed by atoms with Crippen LogP contribution in [-0.4, -0.2) is 6.61 Å². The van der Waals surface area contributed by atoms with Crippen molar-refractivity contribution in [2.24, 2.45) is 0 Å². The van der Waals surface area contributed by atoms with Crippen LogP contribution in [0, 0.1) is 25.2 Å². The van der Waals surface area contributed by atoms with Gasteiger partial charge in [0.1, 0.15) is 18.4 Å². The molecular weight excluding hydrogens is 254 g/mol. The lowest BCUT2D eigenvalue weighted by atomic mass is 10.1. The molecule has 0 atom stereocenters. The number of aryl methyl sites for hydroxylation is 2. The number of benzene rings is 1. The highest BCUT2D eigenvalue weighted by Gasteiger charge is 2.07. The van der Waals surface area contributed by atoms with E-state index in [9.17, 15) is 0 Å². The highest BCUT2D eigenvalue weighted by atomic mass is 79.9. The Morgan fingerprint density at radius 1 is 1.53 bits per heavy atom. The lowest BCUT2D eigenvalue weighted by Crippen LogP contribution is -2.00. The summed E-state index contributed by atoms with van der Waals surface area (Å²) in [4.78, 5) is 0. The summed E-state index contributed by atoms with van der Waals surface area (Å²) in [6.45, 7) is 7.93. The molecule has 0 heterocycles. The topological polar surface area (TPSA) is 33.0 Å². The fraction of sp³-hybridized carbons (Fsp3) is 0.250. The third kappa shape index (κ3) is 3.10. The molecule has 0 aliphatic carbocycles. The van der Waals surface area contributed by atoms with Crippen molar-refractivity contribution < 1.29 is 4.74 Å². The molecule has 0 aliphatic rings. The van der Waals surface area contributed by atoms with Gasteiger partial charge in [0.15, 0.2) is 0 Å². The molecule has 0 amide bonds. The SMILES string of the molecule is C=C(Br)COc1cc(C)cc(C)c1C#N. The van der Waals surface area contributed by atoms with Crippen molar-refractivity contribution in [3.63, 3.8) is 0 Å². The van der Waals surface area contributed by atoms with Crippen molar-refractivity contribution in [3.8, 4) is 11.8 Å². The zero-order valence-electron chi connectivity index (χ0n) is 8.80. The van der Waals surface area contributed by atoms with Gasteiger partial charge in [-0.05, 0) is 31.0 Å². The van der Waals surface area contributed by atoms with Crippen molar-refractivity contribution in [2.45, 2.75) is 13.8 Å². The third-order valence-electron chi connectivity index (χ3n) is 1.94. The quantitative estimate of drug-likeness (QED) is 0.839. The maximum absolute atomic E-state index is 8.99. The Morgan fingerprint density at radius 2 is 2.20 bits per heavy atom. The molecule has 0 N–H and O–H groups in total. The van der Waals surface area contributed by atoms with Gasteiger partial charge in [0.05, 0.1) is 5.56 Å². The Morgan fingerprint density at radius 3 is 2.73 bits per heavy atom. The summed E-state index contributed by atoms with van der Waals surface area (Å²) in [5.41, 5.74) is 2.61. The number of ether oxygens (including phenoxy) is 1. The lowest BCUT2D eigenvalue weighted by Gasteiger charge is -2.09. The summed E-state index contributed by atoms with van der Waals surface area (Å²) in [5, 5.41) is 8.99. The van der Waals surface area contributed by atoms with E-state index in [2.05, 4.69) is 28.6 Å². The summed E-state index contributed by atoms with van der Waals surface area (Å²) in [5.74, 6) is 0.621. The lowest BCUT2D eigenvalue weighted by molar-refractivity contribution is 0.359. The molecule has 0 unspecified atom stereocenters. The van der Waals surface area contributed by atoms with E-state index in [4.69, 9.17) is 10.00 Å². The number of rotatable bonds is 3. The highest BCUT2D eigenvalue weighted by molar-refractivity contribution is 9.11. The second kappa shape index (κ2) is 4.99. The zero-order chi connectivity index (χ0) is 11.4. The molecule has 0 spiro atoms. The molecular formula is C12H12BrNO. The van der Waals surface area contributed by atoms with Gasteiger partial charge in [-0.15, -0.1) is 0 Å². The first kappa shape index (κ1) is 11.8. The first-order valence-corrected chi connectivity index (χ1v) is 5.31.